The third-order valence-electron chi connectivity index (χ3n) is 3.67. The number of aromatic nitrogens is 1. The van der Waals surface area contributed by atoms with Gasteiger partial charge in [0.25, 0.3) is 0 Å². The maximum atomic E-state index is 11.9. The van der Waals surface area contributed by atoms with E-state index < -0.39 is 0 Å². The van der Waals surface area contributed by atoms with Gasteiger partial charge in [-0.05, 0) is 24.3 Å². The highest BCUT2D eigenvalue weighted by molar-refractivity contribution is 6.13. The van der Waals surface area contributed by atoms with Crippen LogP contribution in [0.2, 0.25) is 0 Å². The van der Waals surface area contributed by atoms with Crippen molar-refractivity contribution in [2.24, 2.45) is 0 Å². The van der Waals surface area contributed by atoms with Crippen LogP contribution in [0.3, 0.4) is 0 Å². The molecule has 0 fully saturated rings. The van der Waals surface area contributed by atoms with E-state index in [2.05, 4.69) is 4.98 Å². The van der Waals surface area contributed by atoms with Gasteiger partial charge in [-0.2, -0.15) is 0 Å². The van der Waals surface area contributed by atoms with Crippen LogP contribution in [0.5, 0.6) is 5.75 Å². The van der Waals surface area contributed by atoms with Gasteiger partial charge in [-0.1, -0.05) is 18.2 Å². The van der Waals surface area contributed by atoms with Crippen LogP contribution in [0.15, 0.2) is 42.5 Å². The van der Waals surface area contributed by atoms with Crippen molar-refractivity contribution in [3.8, 4) is 5.75 Å². The minimum Gasteiger partial charge on any atom is -0.497 e. The van der Waals surface area contributed by atoms with Crippen molar-refractivity contribution < 1.29 is 9.53 Å². The molecule has 1 heterocycles. The second kappa shape index (κ2) is 5.05. The maximum absolute atomic E-state index is 11.9. The molecule has 1 amide bonds. The zero-order valence-corrected chi connectivity index (χ0v) is 12.3. The molecule has 0 aliphatic heterocycles. The summed E-state index contributed by atoms with van der Waals surface area (Å²) in [5.74, 6) is 0.730. The van der Waals surface area contributed by atoms with E-state index in [0.29, 0.717) is 0 Å². The molecule has 4 nitrogen and oxygen atoms in total. The lowest BCUT2D eigenvalue weighted by atomic mass is 10.1. The third kappa shape index (κ3) is 2.18. The largest absolute Gasteiger partial charge is 0.497 e. The zero-order chi connectivity index (χ0) is 15.0. The van der Waals surface area contributed by atoms with Crippen molar-refractivity contribution in [1.29, 1.82) is 0 Å². The molecular weight excluding hydrogens is 264 g/mol. The first-order chi connectivity index (χ1) is 10.1. The van der Waals surface area contributed by atoms with E-state index in [1.807, 2.05) is 42.5 Å². The van der Waals surface area contributed by atoms with Gasteiger partial charge in [0.1, 0.15) is 5.75 Å². The summed E-state index contributed by atoms with van der Waals surface area (Å²) in [4.78, 5) is 18.2. The Hall–Kier alpha value is -2.62. The van der Waals surface area contributed by atoms with E-state index in [1.165, 1.54) is 0 Å². The number of amides is 1. The van der Waals surface area contributed by atoms with E-state index in [9.17, 15) is 4.79 Å². The fourth-order valence-electron chi connectivity index (χ4n) is 2.49. The number of benzene rings is 2. The van der Waals surface area contributed by atoms with Crippen molar-refractivity contribution in [2.75, 3.05) is 19.1 Å². The minimum atomic E-state index is -0.0181. The normalized spacial score (nSPS) is 10.8. The molecule has 0 saturated heterocycles. The number of fused-ring (bicyclic) bond motifs is 2. The number of carbonyl (C=O) groups excluding carboxylic acids is 1. The van der Waals surface area contributed by atoms with Crippen molar-refractivity contribution in [3.63, 3.8) is 0 Å². The first kappa shape index (κ1) is 13.4. The number of hydrogen-bond acceptors (Lipinski definition) is 3. The number of nitrogens with zero attached hydrogens (tertiary/aromatic N) is 2. The van der Waals surface area contributed by atoms with Gasteiger partial charge in [-0.15, -0.1) is 0 Å². The molecule has 0 unspecified atom stereocenters. The van der Waals surface area contributed by atoms with Crippen LogP contribution in [-0.4, -0.2) is 25.0 Å². The van der Waals surface area contributed by atoms with Gasteiger partial charge < -0.3 is 9.64 Å². The van der Waals surface area contributed by atoms with E-state index in [1.54, 1.807) is 26.0 Å². The van der Waals surface area contributed by atoms with Gasteiger partial charge in [-0.3, -0.25) is 4.79 Å². The fourth-order valence-corrected chi connectivity index (χ4v) is 2.49. The Morgan fingerprint density at radius 1 is 1.10 bits per heavy atom. The van der Waals surface area contributed by atoms with E-state index in [-0.39, 0.29) is 5.91 Å². The SMILES string of the molecule is COc1ccc2nc3ccccc3c(N(C)C(C)=O)c2c1. The summed E-state index contributed by atoms with van der Waals surface area (Å²) >= 11 is 0. The molecule has 3 rings (SSSR count). The Balaban J connectivity index is 2.47. The van der Waals surface area contributed by atoms with Gasteiger partial charge in [0, 0.05) is 24.7 Å². The lowest BCUT2D eigenvalue weighted by Crippen LogP contribution is -2.23. The van der Waals surface area contributed by atoms with Crippen LogP contribution in [0.4, 0.5) is 5.69 Å². The number of methoxy groups -OCH3 is 1. The zero-order valence-electron chi connectivity index (χ0n) is 12.3. The molecular formula is C17H16N2O2. The van der Waals surface area contributed by atoms with Crippen LogP contribution >= 0.6 is 0 Å². The minimum absolute atomic E-state index is 0.0181. The predicted octanol–water partition coefficient (Wildman–Crippen LogP) is 3.38. The van der Waals surface area contributed by atoms with Crippen LogP contribution < -0.4 is 9.64 Å². The smallest absolute Gasteiger partial charge is 0.223 e. The number of ether oxygens (including phenoxy) is 1. The molecule has 0 spiro atoms. The van der Waals surface area contributed by atoms with Gasteiger partial charge in [-0.25, -0.2) is 4.98 Å². The van der Waals surface area contributed by atoms with Gasteiger partial charge in [0.2, 0.25) is 5.91 Å². The van der Waals surface area contributed by atoms with Gasteiger partial charge in [0.05, 0.1) is 23.8 Å². The Bertz CT molecular complexity index is 843. The third-order valence-corrected chi connectivity index (χ3v) is 3.67. The molecule has 0 aliphatic carbocycles. The maximum Gasteiger partial charge on any atom is 0.223 e. The Labute approximate surface area is 123 Å². The Kier molecular flexibility index (Phi) is 3.22. The quantitative estimate of drug-likeness (QED) is 0.676. The van der Waals surface area contributed by atoms with Crippen molar-refractivity contribution >= 4 is 33.4 Å². The molecule has 0 saturated carbocycles. The monoisotopic (exact) mass is 280 g/mol. The topological polar surface area (TPSA) is 42.4 Å². The number of hydrogen-bond donors (Lipinski definition) is 0. The van der Waals surface area contributed by atoms with E-state index in [4.69, 9.17) is 4.74 Å². The molecule has 0 N–H and O–H groups in total. The van der Waals surface area contributed by atoms with Crippen LogP contribution in [0.1, 0.15) is 6.92 Å². The second-order valence-corrected chi connectivity index (χ2v) is 4.94. The summed E-state index contributed by atoms with van der Waals surface area (Å²) in [5.41, 5.74) is 2.58. The highest BCUT2D eigenvalue weighted by Gasteiger charge is 2.15. The number of anilines is 1. The molecule has 21 heavy (non-hydrogen) atoms. The molecule has 4 heteroatoms. The summed E-state index contributed by atoms with van der Waals surface area (Å²) in [6.45, 7) is 1.56. The highest BCUT2D eigenvalue weighted by Crippen LogP contribution is 2.35. The summed E-state index contributed by atoms with van der Waals surface area (Å²) in [6, 6.07) is 13.5. The van der Waals surface area contributed by atoms with Crippen LogP contribution in [0, 0.1) is 0 Å². The lowest BCUT2D eigenvalue weighted by molar-refractivity contribution is -0.116. The van der Waals surface area contributed by atoms with E-state index in [0.717, 1.165) is 33.2 Å². The van der Waals surface area contributed by atoms with E-state index >= 15 is 0 Å². The molecule has 3 aromatic rings. The number of para-hydroxylation sites is 1. The number of carbonyl (C=O) groups is 1. The second-order valence-electron chi connectivity index (χ2n) is 4.94. The standard InChI is InChI=1S/C17H16N2O2/c1-11(20)19(2)17-13-6-4-5-7-15(13)18-16-9-8-12(21-3)10-14(16)17/h4-10H,1-3H3. The average Bonchev–Trinajstić information content (AvgIpc) is 2.51. The van der Waals surface area contributed by atoms with Crippen molar-refractivity contribution in [2.45, 2.75) is 6.92 Å². The van der Waals surface area contributed by atoms with Crippen LogP contribution in [0.25, 0.3) is 21.8 Å². The predicted molar refractivity (Wildman–Crippen MR) is 84.9 cm³/mol. The molecule has 0 radical (unpaired) electrons. The van der Waals surface area contributed by atoms with Gasteiger partial charge >= 0.3 is 0 Å². The van der Waals surface area contributed by atoms with Crippen molar-refractivity contribution in [1.82, 2.24) is 4.98 Å². The van der Waals surface area contributed by atoms with Gasteiger partial charge in [0.15, 0.2) is 0 Å². The first-order valence-electron chi connectivity index (χ1n) is 6.72. The lowest BCUT2D eigenvalue weighted by Gasteiger charge is -2.20. The summed E-state index contributed by atoms with van der Waals surface area (Å²) in [6.07, 6.45) is 0. The average molecular weight is 280 g/mol. The molecule has 2 aromatic carbocycles. The van der Waals surface area contributed by atoms with Crippen molar-refractivity contribution in [3.05, 3.63) is 42.5 Å². The van der Waals surface area contributed by atoms with Crippen LogP contribution in [-0.2, 0) is 4.79 Å². The molecule has 0 aliphatic rings. The molecule has 106 valence electrons. The number of pyridine rings is 1. The Morgan fingerprint density at radius 3 is 2.52 bits per heavy atom. The highest BCUT2D eigenvalue weighted by atomic mass is 16.5. The Morgan fingerprint density at radius 2 is 1.81 bits per heavy atom. The molecule has 1 aromatic heterocycles. The first-order valence-corrected chi connectivity index (χ1v) is 6.72. The summed E-state index contributed by atoms with van der Waals surface area (Å²) in [7, 11) is 3.41. The molecule has 0 atom stereocenters. The summed E-state index contributed by atoms with van der Waals surface area (Å²) < 4.78 is 5.30. The number of rotatable bonds is 2. The molecule has 0 bridgehead atoms. The summed E-state index contributed by atoms with van der Waals surface area (Å²) in [5, 5.41) is 1.86. The fraction of sp³-hybridized carbons (Fsp3) is 0.176.